The van der Waals surface area contributed by atoms with Gasteiger partial charge < -0.3 is 24.5 Å². The second kappa shape index (κ2) is 7.44. The van der Waals surface area contributed by atoms with E-state index in [4.69, 9.17) is 9.47 Å². The van der Waals surface area contributed by atoms with Gasteiger partial charge in [-0.15, -0.1) is 0 Å². The summed E-state index contributed by atoms with van der Waals surface area (Å²) in [5.41, 5.74) is 2.67. The maximum absolute atomic E-state index is 12.2. The van der Waals surface area contributed by atoms with Crippen LogP contribution in [0.1, 0.15) is 31.1 Å². The van der Waals surface area contributed by atoms with Gasteiger partial charge in [-0.3, -0.25) is 4.79 Å². The van der Waals surface area contributed by atoms with Crippen molar-refractivity contribution in [2.45, 2.75) is 32.0 Å². The van der Waals surface area contributed by atoms with Crippen LogP contribution in [0.15, 0.2) is 48.7 Å². The summed E-state index contributed by atoms with van der Waals surface area (Å²) in [7, 11) is 1.98. The second-order valence-electron chi connectivity index (χ2n) is 8.14. The van der Waals surface area contributed by atoms with E-state index in [1.807, 2.05) is 68.1 Å². The van der Waals surface area contributed by atoms with E-state index < -0.39 is 6.10 Å². The fourth-order valence-corrected chi connectivity index (χ4v) is 3.73. The Labute approximate surface area is 170 Å². The SMILES string of the molecule is Cn1ccc2cc(C(O)CNC(=O)COc3cccc4c3OC(C)(C)C4)ccc21. The van der Waals surface area contributed by atoms with Crippen molar-refractivity contribution in [2.75, 3.05) is 13.2 Å². The van der Waals surface area contributed by atoms with Crippen LogP contribution in [0.4, 0.5) is 0 Å². The number of hydrogen-bond donors (Lipinski definition) is 2. The minimum atomic E-state index is -0.784. The number of fused-ring (bicyclic) bond motifs is 2. The van der Waals surface area contributed by atoms with E-state index in [1.165, 1.54) is 0 Å². The molecule has 0 aliphatic carbocycles. The van der Waals surface area contributed by atoms with E-state index in [9.17, 15) is 9.90 Å². The Morgan fingerprint density at radius 2 is 2.14 bits per heavy atom. The summed E-state index contributed by atoms with van der Waals surface area (Å²) < 4.78 is 13.7. The van der Waals surface area contributed by atoms with Gasteiger partial charge in [-0.25, -0.2) is 0 Å². The number of carbonyl (C=O) groups is 1. The number of aryl methyl sites for hydroxylation is 1. The van der Waals surface area contributed by atoms with Gasteiger partial charge in [-0.2, -0.15) is 0 Å². The maximum atomic E-state index is 12.2. The number of benzene rings is 2. The van der Waals surface area contributed by atoms with Gasteiger partial charge in [0.05, 0.1) is 6.10 Å². The Morgan fingerprint density at radius 3 is 2.97 bits per heavy atom. The van der Waals surface area contributed by atoms with Crippen LogP contribution in [-0.2, 0) is 18.3 Å². The number of aromatic nitrogens is 1. The number of ether oxygens (including phenoxy) is 2. The normalized spacial score (nSPS) is 15.6. The Hall–Kier alpha value is -2.99. The Morgan fingerprint density at radius 1 is 1.31 bits per heavy atom. The molecule has 4 rings (SSSR count). The Bertz CT molecular complexity index is 1050. The zero-order valence-electron chi connectivity index (χ0n) is 16.9. The van der Waals surface area contributed by atoms with E-state index in [0.29, 0.717) is 11.5 Å². The van der Waals surface area contributed by atoms with Gasteiger partial charge in [0.1, 0.15) is 5.60 Å². The predicted molar refractivity (Wildman–Crippen MR) is 111 cm³/mol. The molecule has 1 aromatic heterocycles. The van der Waals surface area contributed by atoms with Crippen LogP contribution < -0.4 is 14.8 Å². The molecule has 152 valence electrons. The van der Waals surface area contributed by atoms with Crippen LogP contribution in [0.5, 0.6) is 11.5 Å². The molecule has 0 radical (unpaired) electrons. The van der Waals surface area contributed by atoms with Gasteiger partial charge in [0, 0.05) is 37.3 Å². The highest BCUT2D eigenvalue weighted by molar-refractivity contribution is 5.81. The molecule has 0 saturated carbocycles. The number of aliphatic hydroxyl groups is 1. The summed E-state index contributed by atoms with van der Waals surface area (Å²) in [5.74, 6) is 0.986. The quantitative estimate of drug-likeness (QED) is 0.674. The monoisotopic (exact) mass is 394 g/mol. The molecule has 0 saturated heterocycles. The first-order valence-corrected chi connectivity index (χ1v) is 9.76. The van der Waals surface area contributed by atoms with E-state index in [0.717, 1.165) is 28.5 Å². The number of nitrogens with zero attached hydrogens (tertiary/aromatic N) is 1. The standard InChI is InChI=1S/C23H26N2O4/c1-23(2)12-17-5-4-6-20(22(17)29-23)28-14-21(27)24-13-19(26)16-7-8-18-15(11-16)9-10-25(18)3/h4-11,19,26H,12-14H2,1-3H3,(H,24,27). The third-order valence-electron chi connectivity index (χ3n) is 5.20. The van der Waals surface area contributed by atoms with Gasteiger partial charge in [0.15, 0.2) is 18.1 Å². The Balaban J connectivity index is 1.32. The van der Waals surface area contributed by atoms with Gasteiger partial charge in [0.25, 0.3) is 5.91 Å². The van der Waals surface area contributed by atoms with Crippen LogP contribution >= 0.6 is 0 Å². The molecule has 1 aliphatic rings. The average molecular weight is 394 g/mol. The summed E-state index contributed by atoms with van der Waals surface area (Å²) in [6.45, 7) is 4.04. The lowest BCUT2D eigenvalue weighted by atomic mass is 10.0. The lowest BCUT2D eigenvalue weighted by molar-refractivity contribution is -0.123. The van der Waals surface area contributed by atoms with Crippen molar-refractivity contribution in [3.63, 3.8) is 0 Å². The number of hydrogen-bond acceptors (Lipinski definition) is 4. The van der Waals surface area contributed by atoms with Crippen molar-refractivity contribution in [2.24, 2.45) is 7.05 Å². The molecular formula is C23H26N2O4. The molecule has 0 bridgehead atoms. The zero-order chi connectivity index (χ0) is 20.6. The van der Waals surface area contributed by atoms with Gasteiger partial charge in [-0.05, 0) is 49.1 Å². The van der Waals surface area contributed by atoms with Crippen molar-refractivity contribution in [1.82, 2.24) is 9.88 Å². The lowest BCUT2D eigenvalue weighted by Gasteiger charge is -2.18. The minimum Gasteiger partial charge on any atom is -0.483 e. The third-order valence-corrected chi connectivity index (χ3v) is 5.20. The van der Waals surface area contributed by atoms with Gasteiger partial charge in [0.2, 0.25) is 0 Å². The molecular weight excluding hydrogens is 368 g/mol. The van der Waals surface area contributed by atoms with Crippen LogP contribution in [-0.4, -0.2) is 34.3 Å². The molecule has 2 N–H and O–H groups in total. The molecule has 0 fully saturated rings. The van der Waals surface area contributed by atoms with E-state index in [1.54, 1.807) is 6.07 Å². The second-order valence-corrected chi connectivity index (χ2v) is 8.14. The Kier molecular flexibility index (Phi) is 4.96. The number of rotatable bonds is 6. The number of aliphatic hydroxyl groups excluding tert-OH is 1. The fraction of sp³-hybridized carbons (Fsp3) is 0.348. The molecule has 29 heavy (non-hydrogen) atoms. The highest BCUT2D eigenvalue weighted by Gasteiger charge is 2.32. The van der Waals surface area contributed by atoms with Crippen LogP contribution in [0.2, 0.25) is 0 Å². The van der Waals surface area contributed by atoms with Gasteiger partial charge >= 0.3 is 0 Å². The summed E-state index contributed by atoms with van der Waals surface area (Å²) in [6, 6.07) is 13.5. The highest BCUT2D eigenvalue weighted by atomic mass is 16.5. The van der Waals surface area contributed by atoms with Crippen molar-refractivity contribution >= 4 is 16.8 Å². The van der Waals surface area contributed by atoms with E-state index in [2.05, 4.69) is 5.32 Å². The lowest BCUT2D eigenvalue weighted by Crippen LogP contribution is -2.32. The molecule has 6 nitrogen and oxygen atoms in total. The molecule has 0 spiro atoms. The summed E-state index contributed by atoms with van der Waals surface area (Å²) >= 11 is 0. The predicted octanol–water partition coefficient (Wildman–Crippen LogP) is 3.12. The molecule has 1 amide bonds. The first-order valence-electron chi connectivity index (χ1n) is 9.76. The molecule has 3 aromatic rings. The van der Waals surface area contributed by atoms with Crippen molar-refractivity contribution in [3.05, 3.63) is 59.8 Å². The summed E-state index contributed by atoms with van der Waals surface area (Å²) in [5, 5.41) is 14.2. The molecule has 6 heteroatoms. The van der Waals surface area contributed by atoms with Crippen molar-refractivity contribution < 1.29 is 19.4 Å². The molecule has 2 aromatic carbocycles. The fourth-order valence-electron chi connectivity index (χ4n) is 3.73. The van der Waals surface area contributed by atoms with Gasteiger partial charge in [-0.1, -0.05) is 18.2 Å². The highest BCUT2D eigenvalue weighted by Crippen LogP contribution is 2.41. The number of amides is 1. The first-order chi connectivity index (χ1) is 13.8. The van der Waals surface area contributed by atoms with Crippen LogP contribution in [0.3, 0.4) is 0 Å². The molecule has 1 atom stereocenters. The third kappa shape index (κ3) is 4.07. The van der Waals surface area contributed by atoms with Crippen LogP contribution in [0.25, 0.3) is 10.9 Å². The number of carbonyl (C=O) groups excluding carboxylic acids is 1. The molecule has 2 heterocycles. The maximum Gasteiger partial charge on any atom is 0.258 e. The minimum absolute atomic E-state index is 0.122. The number of para-hydroxylation sites is 1. The molecule has 1 aliphatic heterocycles. The van der Waals surface area contributed by atoms with Crippen molar-refractivity contribution in [3.8, 4) is 11.5 Å². The zero-order valence-corrected chi connectivity index (χ0v) is 16.9. The average Bonchev–Trinajstić information content (AvgIpc) is 3.22. The van der Waals surface area contributed by atoms with Crippen LogP contribution in [0, 0.1) is 0 Å². The first kappa shape index (κ1) is 19.3. The number of nitrogens with one attached hydrogen (secondary N) is 1. The smallest absolute Gasteiger partial charge is 0.258 e. The van der Waals surface area contributed by atoms with Crippen molar-refractivity contribution in [1.29, 1.82) is 0 Å². The molecule has 1 unspecified atom stereocenters. The largest absolute Gasteiger partial charge is 0.483 e. The van der Waals surface area contributed by atoms with E-state index >= 15 is 0 Å². The summed E-state index contributed by atoms with van der Waals surface area (Å²) in [4.78, 5) is 12.2. The summed E-state index contributed by atoms with van der Waals surface area (Å²) in [6.07, 6.45) is 2.00. The topological polar surface area (TPSA) is 72.7 Å². The van der Waals surface area contributed by atoms with E-state index in [-0.39, 0.29) is 24.7 Å².